The minimum absolute atomic E-state index is 0.144. The van der Waals surface area contributed by atoms with Crippen molar-refractivity contribution in [3.8, 4) is 5.75 Å². The van der Waals surface area contributed by atoms with Crippen LogP contribution in [0.3, 0.4) is 0 Å². The highest BCUT2D eigenvalue weighted by atomic mass is 16.6. The highest BCUT2D eigenvalue weighted by molar-refractivity contribution is 6.22. The summed E-state index contributed by atoms with van der Waals surface area (Å²) in [4.78, 5) is 36.6. The molecule has 1 amide bonds. The predicted molar refractivity (Wildman–Crippen MR) is 119 cm³/mol. The second-order valence-electron chi connectivity index (χ2n) is 7.43. The lowest BCUT2D eigenvalue weighted by molar-refractivity contribution is 0.0993. The largest absolute Gasteiger partial charge is 0.413 e. The van der Waals surface area contributed by atoms with Gasteiger partial charge in [-0.15, -0.1) is 0 Å². The Hall–Kier alpha value is -4.03. The standard InChI is InChI=1S/C26H21NO5/c28-23-13-14-24(29)21-15-18(11-12-20(21)23)25(30)16-22(17-7-3-1-4-8-17)27-26(31)32-19-9-5-2-6-10-19/h1-15,22,25,30H,16H2,(H,27,31)/t22-,25+/m0/s1. The van der Waals surface area contributed by atoms with Gasteiger partial charge in [0.05, 0.1) is 12.1 Å². The van der Waals surface area contributed by atoms with E-state index < -0.39 is 18.2 Å². The van der Waals surface area contributed by atoms with Crippen molar-refractivity contribution in [1.29, 1.82) is 0 Å². The molecule has 0 aliphatic heterocycles. The van der Waals surface area contributed by atoms with E-state index in [1.54, 1.807) is 36.4 Å². The van der Waals surface area contributed by atoms with Crippen molar-refractivity contribution in [3.63, 3.8) is 0 Å². The Morgan fingerprint density at radius 1 is 0.812 bits per heavy atom. The maximum Gasteiger partial charge on any atom is 0.413 e. The Morgan fingerprint density at radius 3 is 2.12 bits per heavy atom. The summed E-state index contributed by atoms with van der Waals surface area (Å²) in [6.07, 6.45) is 0.985. The lowest BCUT2D eigenvalue weighted by atomic mass is 9.90. The van der Waals surface area contributed by atoms with Crippen molar-refractivity contribution >= 4 is 17.7 Å². The van der Waals surface area contributed by atoms with Crippen molar-refractivity contribution in [3.05, 3.63) is 113 Å². The second-order valence-corrected chi connectivity index (χ2v) is 7.43. The molecule has 6 nitrogen and oxygen atoms in total. The number of para-hydroxylation sites is 1. The number of ether oxygens (including phenoxy) is 1. The number of nitrogens with one attached hydrogen (secondary N) is 1. The van der Waals surface area contributed by atoms with Crippen LogP contribution in [0.4, 0.5) is 4.79 Å². The average molecular weight is 427 g/mol. The van der Waals surface area contributed by atoms with Gasteiger partial charge in [-0.2, -0.15) is 0 Å². The Labute approximate surface area is 185 Å². The van der Waals surface area contributed by atoms with Gasteiger partial charge >= 0.3 is 6.09 Å². The minimum atomic E-state index is -0.990. The van der Waals surface area contributed by atoms with Crippen molar-refractivity contribution in [2.24, 2.45) is 0 Å². The number of carbonyl (C=O) groups excluding carboxylic acids is 3. The molecule has 0 fully saturated rings. The number of benzene rings is 3. The van der Waals surface area contributed by atoms with E-state index in [2.05, 4.69) is 5.32 Å². The highest BCUT2D eigenvalue weighted by Gasteiger charge is 2.24. The topological polar surface area (TPSA) is 92.7 Å². The number of aliphatic hydroxyl groups excluding tert-OH is 1. The molecule has 1 aliphatic carbocycles. The maximum atomic E-state index is 12.5. The molecule has 0 heterocycles. The molecule has 0 spiro atoms. The molecule has 0 unspecified atom stereocenters. The number of rotatable bonds is 6. The molecule has 3 aromatic carbocycles. The van der Waals surface area contributed by atoms with Crippen LogP contribution in [0.2, 0.25) is 0 Å². The first-order valence-electron chi connectivity index (χ1n) is 10.2. The molecule has 0 bridgehead atoms. The number of aliphatic hydroxyl groups is 1. The van der Waals surface area contributed by atoms with Crippen LogP contribution in [0, 0.1) is 0 Å². The quantitative estimate of drug-likeness (QED) is 0.601. The van der Waals surface area contributed by atoms with Crippen LogP contribution in [0.5, 0.6) is 5.75 Å². The summed E-state index contributed by atoms with van der Waals surface area (Å²) in [6.45, 7) is 0. The maximum absolute atomic E-state index is 12.5. The van der Waals surface area contributed by atoms with Crippen molar-refractivity contribution in [2.75, 3.05) is 0 Å². The second kappa shape index (κ2) is 9.41. The number of amides is 1. The summed E-state index contributed by atoms with van der Waals surface area (Å²) >= 11 is 0. The molecule has 1 aliphatic rings. The van der Waals surface area contributed by atoms with Gasteiger partial charge in [0.1, 0.15) is 5.75 Å². The third kappa shape index (κ3) is 4.82. The van der Waals surface area contributed by atoms with Crippen LogP contribution >= 0.6 is 0 Å². The molecule has 3 aromatic rings. The van der Waals surface area contributed by atoms with Gasteiger partial charge in [-0.3, -0.25) is 9.59 Å². The SMILES string of the molecule is O=C(N[C@@H](C[C@@H](O)c1ccc2c(c1)C(=O)C=CC2=O)c1ccccc1)Oc1ccccc1. The van der Waals surface area contributed by atoms with E-state index in [9.17, 15) is 19.5 Å². The molecule has 2 atom stereocenters. The normalized spacial score (nSPS) is 14.4. The first-order chi connectivity index (χ1) is 15.5. The van der Waals surface area contributed by atoms with Gasteiger partial charge in [0.25, 0.3) is 0 Å². The van der Waals surface area contributed by atoms with Crippen molar-refractivity contribution < 1.29 is 24.2 Å². The number of ketones is 2. The Bertz CT molecular complexity index is 1170. The minimum Gasteiger partial charge on any atom is -0.410 e. The van der Waals surface area contributed by atoms with Crippen LogP contribution in [0.15, 0.2) is 91.0 Å². The fourth-order valence-electron chi connectivity index (χ4n) is 3.61. The van der Waals surface area contributed by atoms with Crippen LogP contribution < -0.4 is 10.1 Å². The number of carbonyl (C=O) groups is 3. The predicted octanol–water partition coefficient (Wildman–Crippen LogP) is 4.58. The van der Waals surface area contributed by atoms with E-state index in [4.69, 9.17) is 4.74 Å². The van der Waals surface area contributed by atoms with E-state index in [0.29, 0.717) is 16.9 Å². The van der Waals surface area contributed by atoms with E-state index >= 15 is 0 Å². The van der Waals surface area contributed by atoms with Crippen molar-refractivity contribution in [2.45, 2.75) is 18.6 Å². The molecule has 0 aromatic heterocycles. The molecule has 6 heteroatoms. The zero-order chi connectivity index (χ0) is 22.5. The van der Waals surface area contributed by atoms with Crippen LogP contribution in [0.25, 0.3) is 0 Å². The molecular formula is C26H21NO5. The summed E-state index contributed by atoms with van der Waals surface area (Å²) < 4.78 is 5.33. The van der Waals surface area contributed by atoms with Gasteiger partial charge in [0.2, 0.25) is 0 Å². The molecular weight excluding hydrogens is 406 g/mol. The first kappa shape index (κ1) is 21.2. The van der Waals surface area contributed by atoms with Gasteiger partial charge in [0.15, 0.2) is 11.6 Å². The summed E-state index contributed by atoms with van der Waals surface area (Å²) in [5, 5.41) is 13.7. The molecule has 2 N–H and O–H groups in total. The first-order valence-corrected chi connectivity index (χ1v) is 10.2. The highest BCUT2D eigenvalue weighted by Crippen LogP contribution is 2.29. The molecule has 0 saturated heterocycles. The molecule has 0 saturated carbocycles. The van der Waals surface area contributed by atoms with Crippen molar-refractivity contribution in [1.82, 2.24) is 5.32 Å². The third-order valence-electron chi connectivity index (χ3n) is 5.25. The third-order valence-corrected chi connectivity index (χ3v) is 5.25. The number of allylic oxidation sites excluding steroid dienone is 2. The molecule has 4 rings (SSSR count). The fourth-order valence-corrected chi connectivity index (χ4v) is 3.61. The van der Waals surface area contributed by atoms with Crippen LogP contribution in [0.1, 0.15) is 50.4 Å². The molecule has 160 valence electrons. The van der Waals surface area contributed by atoms with E-state index in [1.807, 2.05) is 36.4 Å². The number of fused-ring (bicyclic) bond motifs is 1. The van der Waals surface area contributed by atoms with Gasteiger partial charge in [-0.1, -0.05) is 54.6 Å². The fraction of sp³-hybridized carbons (Fsp3) is 0.115. The zero-order valence-electron chi connectivity index (χ0n) is 17.1. The van der Waals surface area contributed by atoms with E-state index in [-0.39, 0.29) is 23.6 Å². The Balaban J connectivity index is 1.54. The lowest BCUT2D eigenvalue weighted by Gasteiger charge is -2.23. The number of hydrogen-bond donors (Lipinski definition) is 2. The Morgan fingerprint density at radius 2 is 1.44 bits per heavy atom. The monoisotopic (exact) mass is 427 g/mol. The zero-order valence-corrected chi connectivity index (χ0v) is 17.1. The Kier molecular flexibility index (Phi) is 6.24. The molecule has 32 heavy (non-hydrogen) atoms. The molecule has 0 radical (unpaired) electrons. The van der Waals surface area contributed by atoms with Crippen LogP contribution in [-0.2, 0) is 0 Å². The number of hydrogen-bond acceptors (Lipinski definition) is 5. The average Bonchev–Trinajstić information content (AvgIpc) is 2.82. The lowest BCUT2D eigenvalue weighted by Crippen LogP contribution is -2.32. The smallest absolute Gasteiger partial charge is 0.410 e. The summed E-state index contributed by atoms with van der Waals surface area (Å²) in [6, 6.07) is 22.1. The van der Waals surface area contributed by atoms with Gasteiger partial charge in [-0.25, -0.2) is 4.79 Å². The van der Waals surface area contributed by atoms with Gasteiger partial charge in [-0.05, 0) is 47.5 Å². The van der Waals surface area contributed by atoms with Crippen LogP contribution in [-0.4, -0.2) is 22.8 Å². The van der Waals surface area contributed by atoms with Gasteiger partial charge in [0, 0.05) is 17.5 Å². The summed E-state index contributed by atoms with van der Waals surface area (Å²) in [5.74, 6) is -0.116. The van der Waals surface area contributed by atoms with Gasteiger partial charge < -0.3 is 15.2 Å². The van der Waals surface area contributed by atoms with E-state index in [0.717, 1.165) is 5.56 Å². The summed E-state index contributed by atoms with van der Waals surface area (Å²) in [7, 11) is 0. The van der Waals surface area contributed by atoms with E-state index in [1.165, 1.54) is 18.2 Å². The summed E-state index contributed by atoms with van der Waals surface area (Å²) in [5.41, 5.74) is 1.86.